The molecule has 0 unspecified atom stereocenters. The Labute approximate surface area is 229 Å². The van der Waals surface area contributed by atoms with Crippen LogP contribution in [0.2, 0.25) is 0 Å². The average Bonchev–Trinajstić information content (AvgIpc) is 3.53. The number of carbonyl (C=O) groups is 5. The van der Waals surface area contributed by atoms with E-state index in [0.717, 1.165) is 57.2 Å². The number of rotatable bonds is 17. The number of hydroxylamine groups is 2. The number of amides is 4. The number of hydrogen-bond acceptors (Lipinski definition) is 8. The third-order valence-corrected chi connectivity index (χ3v) is 8.36. The minimum atomic E-state index is -0.729. The zero-order valence-electron chi connectivity index (χ0n) is 22.3. The van der Waals surface area contributed by atoms with Crippen LogP contribution < -0.4 is 16.4 Å². The molecule has 12 heteroatoms. The van der Waals surface area contributed by atoms with Crippen molar-refractivity contribution >= 4 is 41.5 Å². The van der Waals surface area contributed by atoms with Crippen molar-refractivity contribution in [1.29, 1.82) is 0 Å². The van der Waals surface area contributed by atoms with Crippen molar-refractivity contribution in [2.45, 2.75) is 120 Å². The molecule has 3 aliphatic heterocycles. The van der Waals surface area contributed by atoms with Gasteiger partial charge >= 0.3 is 18.0 Å². The van der Waals surface area contributed by atoms with Crippen LogP contribution >= 0.6 is 11.8 Å². The van der Waals surface area contributed by atoms with E-state index in [9.17, 15) is 24.0 Å². The van der Waals surface area contributed by atoms with Gasteiger partial charge in [-0.2, -0.15) is 11.8 Å². The molecule has 0 aromatic carbocycles. The predicted molar refractivity (Wildman–Crippen MR) is 144 cm³/mol. The van der Waals surface area contributed by atoms with E-state index >= 15 is 0 Å². The highest BCUT2D eigenvalue weighted by atomic mass is 32.2. The molecule has 3 rings (SSSR count). The summed E-state index contributed by atoms with van der Waals surface area (Å²) in [7, 11) is 0. The van der Waals surface area contributed by atoms with Crippen LogP contribution in [0, 0.1) is 0 Å². The van der Waals surface area contributed by atoms with Gasteiger partial charge in [0.1, 0.15) is 0 Å². The first-order valence-electron chi connectivity index (χ1n) is 14.0. The molecule has 0 radical (unpaired) electrons. The number of carboxylic acid groups (broad SMARTS) is 1. The molecule has 216 valence electrons. The Bertz CT molecular complexity index is 782. The van der Waals surface area contributed by atoms with Crippen molar-refractivity contribution in [2.75, 3.05) is 12.3 Å². The molecule has 0 aromatic rings. The Morgan fingerprint density at radius 1 is 0.868 bits per heavy atom. The number of imide groups is 1. The van der Waals surface area contributed by atoms with Gasteiger partial charge in [-0.3, -0.25) is 14.4 Å². The number of carboxylic acids is 1. The normalized spacial score (nSPS) is 22.0. The molecule has 0 aliphatic carbocycles. The highest BCUT2D eigenvalue weighted by Crippen LogP contribution is 2.33. The monoisotopic (exact) mass is 556 g/mol. The molecule has 3 atom stereocenters. The molecule has 0 aromatic heterocycles. The molecular weight excluding hydrogens is 512 g/mol. The first kappa shape index (κ1) is 31.9. The van der Waals surface area contributed by atoms with E-state index in [1.165, 1.54) is 32.1 Å². The summed E-state index contributed by atoms with van der Waals surface area (Å²) in [6.45, 7) is 0.782. The molecule has 3 heterocycles. The lowest BCUT2D eigenvalue weighted by Gasteiger charge is -2.16. The number of fused-ring (bicyclic) bond motifs is 1. The molecule has 0 spiro atoms. The van der Waals surface area contributed by atoms with Gasteiger partial charge in [-0.15, -0.1) is 5.06 Å². The summed E-state index contributed by atoms with van der Waals surface area (Å²) in [6, 6.07) is 0.440. The van der Waals surface area contributed by atoms with Crippen LogP contribution in [-0.2, 0) is 24.0 Å². The number of nitrogens with zero attached hydrogens (tertiary/aromatic N) is 1. The van der Waals surface area contributed by atoms with Crippen molar-refractivity contribution in [3.8, 4) is 0 Å². The fraction of sp³-hybridized carbons (Fsp3) is 0.808. The number of carbonyl (C=O) groups excluding carboxylic acids is 4. The van der Waals surface area contributed by atoms with Crippen LogP contribution in [0.15, 0.2) is 0 Å². The third kappa shape index (κ3) is 12.0. The lowest BCUT2D eigenvalue weighted by Crippen LogP contribution is -2.36. The highest BCUT2D eigenvalue weighted by molar-refractivity contribution is 8.00. The number of thioether (sulfide) groups is 1. The summed E-state index contributed by atoms with van der Waals surface area (Å²) >= 11 is 1.87. The van der Waals surface area contributed by atoms with E-state index in [4.69, 9.17) is 15.7 Å². The van der Waals surface area contributed by atoms with Crippen LogP contribution in [0.4, 0.5) is 4.79 Å². The molecule has 11 nitrogen and oxygen atoms in total. The summed E-state index contributed by atoms with van der Waals surface area (Å²) in [4.78, 5) is 60.4. The first-order chi connectivity index (χ1) is 18.3. The highest BCUT2D eigenvalue weighted by Gasteiger charge is 2.42. The average molecular weight is 557 g/mol. The molecule has 4 amide bonds. The standard InChI is InChI=1S/C16H28N2O4.C10H16N2O3S/c17-13-9-7-5-3-1-2-4-6-8-10-16(21)22-18-14(19)11-12-15(18)20;13-8(14)4-2-1-3-7-9-6(5-16-7)11-10(15)12-9/h1-13,17H2;6-7,9H,1-5H2,(H,13,14)(H2,11,12,15)/t;6-,7-,9-/m.0/s1. The van der Waals surface area contributed by atoms with Crippen molar-refractivity contribution in [3.63, 3.8) is 0 Å². The Morgan fingerprint density at radius 2 is 1.45 bits per heavy atom. The maximum absolute atomic E-state index is 11.5. The van der Waals surface area contributed by atoms with Gasteiger partial charge < -0.3 is 26.3 Å². The number of unbranched alkanes of at least 4 members (excludes halogenated alkanes) is 9. The fourth-order valence-corrected chi connectivity index (χ4v) is 6.26. The number of nitrogens with two attached hydrogens (primary N) is 1. The van der Waals surface area contributed by atoms with Crippen LogP contribution in [0.1, 0.15) is 103 Å². The van der Waals surface area contributed by atoms with Crippen molar-refractivity contribution in [2.24, 2.45) is 5.73 Å². The molecule has 0 bridgehead atoms. The van der Waals surface area contributed by atoms with Gasteiger partial charge in [-0.25, -0.2) is 9.59 Å². The molecule has 3 saturated heterocycles. The van der Waals surface area contributed by atoms with E-state index < -0.39 is 23.8 Å². The molecule has 38 heavy (non-hydrogen) atoms. The lowest BCUT2D eigenvalue weighted by atomic mass is 10.0. The zero-order chi connectivity index (χ0) is 27.8. The summed E-state index contributed by atoms with van der Waals surface area (Å²) in [5.74, 6) is -1.10. The third-order valence-electron chi connectivity index (χ3n) is 6.85. The second kappa shape index (κ2) is 18.0. The SMILES string of the molecule is NCCCCCCCCCCCC(=O)ON1C(=O)CCC1=O.O=C(O)CCCC[C@@H]1SC[C@@H]2NC(=O)N[C@@H]21. The minimum absolute atomic E-state index is 0.0640. The Morgan fingerprint density at radius 3 is 2.05 bits per heavy atom. The van der Waals surface area contributed by atoms with Gasteiger partial charge in [-0.1, -0.05) is 51.4 Å². The van der Waals surface area contributed by atoms with E-state index in [1.807, 2.05) is 11.8 Å². The molecular formula is C26H44N4O7S. The molecule has 3 fully saturated rings. The fourth-order valence-electron chi connectivity index (χ4n) is 4.72. The van der Waals surface area contributed by atoms with E-state index in [-0.39, 0.29) is 43.8 Å². The zero-order valence-corrected chi connectivity index (χ0v) is 23.1. The second-order valence-corrected chi connectivity index (χ2v) is 11.3. The largest absolute Gasteiger partial charge is 0.481 e. The van der Waals surface area contributed by atoms with Crippen molar-refractivity contribution in [3.05, 3.63) is 0 Å². The van der Waals surface area contributed by atoms with Gasteiger partial charge in [-0.05, 0) is 32.2 Å². The van der Waals surface area contributed by atoms with Crippen molar-refractivity contribution in [1.82, 2.24) is 15.7 Å². The number of aliphatic carboxylic acids is 1. The Balaban J connectivity index is 0.000000279. The number of urea groups is 1. The Hall–Kier alpha value is -2.34. The van der Waals surface area contributed by atoms with Crippen molar-refractivity contribution < 1.29 is 33.9 Å². The number of hydrogen-bond donors (Lipinski definition) is 4. The maximum atomic E-state index is 11.5. The van der Waals surface area contributed by atoms with Gasteiger partial charge in [0.2, 0.25) is 0 Å². The summed E-state index contributed by atoms with van der Waals surface area (Å²) < 4.78 is 0. The summed E-state index contributed by atoms with van der Waals surface area (Å²) in [6.07, 6.45) is 13.5. The van der Waals surface area contributed by atoms with E-state index in [0.29, 0.717) is 10.3 Å². The van der Waals surface area contributed by atoms with E-state index in [1.54, 1.807) is 0 Å². The Kier molecular flexibility index (Phi) is 15.1. The molecule has 3 aliphatic rings. The molecule has 5 N–H and O–H groups in total. The smallest absolute Gasteiger partial charge is 0.333 e. The van der Waals surface area contributed by atoms with Crippen LogP contribution in [-0.4, -0.2) is 69.6 Å². The van der Waals surface area contributed by atoms with Gasteiger partial charge in [0.25, 0.3) is 11.8 Å². The summed E-state index contributed by atoms with van der Waals surface area (Å²) in [5.41, 5.74) is 5.44. The first-order valence-corrected chi connectivity index (χ1v) is 15.0. The van der Waals surface area contributed by atoms with Gasteiger partial charge in [0.05, 0.1) is 12.1 Å². The summed E-state index contributed by atoms with van der Waals surface area (Å²) in [5, 5.41) is 15.4. The topological polar surface area (TPSA) is 168 Å². The second-order valence-electron chi connectivity index (χ2n) is 10.0. The van der Waals surface area contributed by atoms with Gasteiger partial charge in [0.15, 0.2) is 0 Å². The van der Waals surface area contributed by atoms with Gasteiger partial charge in [0, 0.05) is 36.7 Å². The lowest BCUT2D eigenvalue weighted by molar-refractivity contribution is -0.197. The predicted octanol–water partition coefficient (Wildman–Crippen LogP) is 3.25. The number of nitrogens with one attached hydrogen (secondary N) is 2. The van der Waals surface area contributed by atoms with Crippen LogP contribution in [0.5, 0.6) is 0 Å². The van der Waals surface area contributed by atoms with Crippen LogP contribution in [0.3, 0.4) is 0 Å². The quantitative estimate of drug-likeness (QED) is 0.119. The maximum Gasteiger partial charge on any atom is 0.333 e. The van der Waals surface area contributed by atoms with Crippen LogP contribution in [0.25, 0.3) is 0 Å². The van der Waals surface area contributed by atoms with E-state index in [2.05, 4.69) is 10.6 Å². The minimum Gasteiger partial charge on any atom is -0.481 e. The molecule has 0 saturated carbocycles.